The number of nitrogens with one attached hydrogen (secondary N) is 2. The van der Waals surface area contributed by atoms with Gasteiger partial charge in [0.1, 0.15) is 0 Å². The van der Waals surface area contributed by atoms with Crippen molar-refractivity contribution < 1.29 is 4.79 Å². The topological polar surface area (TPSA) is 58.4 Å². The second-order valence-corrected chi connectivity index (χ2v) is 6.68. The van der Waals surface area contributed by atoms with Crippen molar-refractivity contribution in [3.05, 3.63) is 29.8 Å². The first kappa shape index (κ1) is 16.2. The highest BCUT2D eigenvalue weighted by Crippen LogP contribution is 2.39. The Kier molecular flexibility index (Phi) is 4.55. The molecule has 23 heavy (non-hydrogen) atoms. The van der Waals surface area contributed by atoms with Crippen LogP contribution in [-0.2, 0) is 7.05 Å². The zero-order chi connectivity index (χ0) is 15.1. The van der Waals surface area contributed by atoms with Gasteiger partial charge in [-0.15, -0.1) is 24.2 Å². The lowest BCUT2D eigenvalue weighted by atomic mass is 9.98. The highest BCUT2D eigenvalue weighted by molar-refractivity contribution is 7.99. The van der Waals surface area contributed by atoms with Gasteiger partial charge in [-0.2, -0.15) is 0 Å². The smallest absolute Gasteiger partial charge is 0.191 e. The molecule has 0 saturated carbocycles. The largest absolute Gasteiger partial charge is 0.356 e. The standard InChI is InChI=1S/C16H18N4OS.ClH/c1-20-12-5-3-2-4-11(12)13-14(21)10(9-22-15(13)20)8-19-16-17-6-7-18-16;/h2-5,10H,6-9H2,1H3,(H2,17,18,19);1H. The van der Waals surface area contributed by atoms with Crippen molar-refractivity contribution in [2.75, 3.05) is 25.4 Å². The van der Waals surface area contributed by atoms with Gasteiger partial charge in [-0.1, -0.05) is 18.2 Å². The third-order valence-corrected chi connectivity index (χ3v) is 5.60. The number of nitrogens with zero attached hydrogens (tertiary/aromatic N) is 2. The quantitative estimate of drug-likeness (QED) is 0.870. The Morgan fingerprint density at radius 3 is 3.04 bits per heavy atom. The van der Waals surface area contributed by atoms with E-state index in [-0.39, 0.29) is 24.1 Å². The van der Waals surface area contributed by atoms with Gasteiger partial charge in [0.25, 0.3) is 0 Å². The molecule has 0 amide bonds. The fourth-order valence-corrected chi connectivity index (χ4v) is 4.40. The minimum Gasteiger partial charge on any atom is -0.356 e. The number of para-hydroxylation sites is 1. The number of rotatable bonds is 2. The van der Waals surface area contributed by atoms with E-state index in [4.69, 9.17) is 0 Å². The monoisotopic (exact) mass is 350 g/mol. The number of halogens is 1. The van der Waals surface area contributed by atoms with Gasteiger partial charge in [0.2, 0.25) is 0 Å². The second-order valence-electron chi connectivity index (χ2n) is 5.67. The summed E-state index contributed by atoms with van der Waals surface area (Å²) in [7, 11) is 2.04. The molecule has 7 heteroatoms. The molecule has 0 fully saturated rings. The van der Waals surface area contributed by atoms with Crippen LogP contribution >= 0.6 is 24.2 Å². The van der Waals surface area contributed by atoms with Gasteiger partial charge in [-0.05, 0) is 6.07 Å². The molecule has 1 aromatic heterocycles. The van der Waals surface area contributed by atoms with E-state index >= 15 is 0 Å². The minimum absolute atomic E-state index is 0. The van der Waals surface area contributed by atoms with Crippen molar-refractivity contribution in [1.82, 2.24) is 15.2 Å². The van der Waals surface area contributed by atoms with Crippen LogP contribution in [0, 0.1) is 5.92 Å². The fourth-order valence-electron chi connectivity index (χ4n) is 3.12. The predicted octanol–water partition coefficient (Wildman–Crippen LogP) is 2.05. The summed E-state index contributed by atoms with van der Waals surface area (Å²) in [6, 6.07) is 8.14. The van der Waals surface area contributed by atoms with Crippen LogP contribution < -0.4 is 10.6 Å². The molecule has 0 aliphatic carbocycles. The lowest BCUT2D eigenvalue weighted by molar-refractivity contribution is 0.0929. The predicted molar refractivity (Wildman–Crippen MR) is 97.0 cm³/mol. The van der Waals surface area contributed by atoms with Gasteiger partial charge >= 0.3 is 0 Å². The third-order valence-electron chi connectivity index (χ3n) is 4.28. The molecule has 1 atom stereocenters. The zero-order valence-corrected chi connectivity index (χ0v) is 14.5. The Morgan fingerprint density at radius 2 is 2.26 bits per heavy atom. The Hall–Kier alpha value is -1.66. The van der Waals surface area contributed by atoms with Crippen molar-refractivity contribution >= 4 is 46.8 Å². The SMILES string of the molecule is Cl.Cn1c2c(c3ccccc31)C(=O)C(CNC1=NCCN1)CS2. The molecule has 0 saturated heterocycles. The van der Waals surface area contributed by atoms with Gasteiger partial charge in [0, 0.05) is 42.7 Å². The normalized spacial score (nSPS) is 19.8. The van der Waals surface area contributed by atoms with Gasteiger partial charge in [-0.25, -0.2) is 0 Å². The number of guanidine groups is 1. The second kappa shape index (κ2) is 6.45. The van der Waals surface area contributed by atoms with Crippen LogP contribution in [0.4, 0.5) is 0 Å². The maximum Gasteiger partial charge on any atom is 0.191 e. The molecule has 4 rings (SSSR count). The number of Topliss-reactive ketones (excluding diaryl/α,β-unsaturated/α-hetero) is 1. The molecular formula is C16H19ClN4OS. The summed E-state index contributed by atoms with van der Waals surface area (Å²) in [5.74, 6) is 1.88. The van der Waals surface area contributed by atoms with E-state index in [9.17, 15) is 4.79 Å². The van der Waals surface area contributed by atoms with E-state index in [1.807, 2.05) is 25.2 Å². The van der Waals surface area contributed by atoms with Crippen LogP contribution in [0.5, 0.6) is 0 Å². The number of thioether (sulfide) groups is 1. The fraction of sp³-hybridized carbons (Fsp3) is 0.375. The van der Waals surface area contributed by atoms with Gasteiger partial charge in [0.15, 0.2) is 11.7 Å². The average molecular weight is 351 g/mol. The van der Waals surface area contributed by atoms with E-state index in [1.165, 1.54) is 0 Å². The first-order chi connectivity index (χ1) is 10.8. The van der Waals surface area contributed by atoms with E-state index < -0.39 is 0 Å². The third kappa shape index (κ3) is 2.70. The van der Waals surface area contributed by atoms with Crippen LogP contribution in [0.1, 0.15) is 10.4 Å². The first-order valence-electron chi connectivity index (χ1n) is 7.52. The number of benzene rings is 1. The minimum atomic E-state index is -0.00611. The highest BCUT2D eigenvalue weighted by Gasteiger charge is 2.32. The molecule has 5 nitrogen and oxygen atoms in total. The lowest BCUT2D eigenvalue weighted by Crippen LogP contribution is -2.40. The summed E-state index contributed by atoms with van der Waals surface area (Å²) in [6.45, 7) is 2.33. The van der Waals surface area contributed by atoms with Gasteiger partial charge in [-0.3, -0.25) is 9.79 Å². The number of ketones is 1. The van der Waals surface area contributed by atoms with Gasteiger partial charge in [0.05, 0.1) is 17.1 Å². The van der Waals surface area contributed by atoms with Crippen molar-refractivity contribution in [1.29, 1.82) is 0 Å². The summed E-state index contributed by atoms with van der Waals surface area (Å²) in [5, 5.41) is 8.61. The number of hydrogen-bond donors (Lipinski definition) is 2. The highest BCUT2D eigenvalue weighted by atomic mass is 35.5. The number of fused-ring (bicyclic) bond motifs is 3. The first-order valence-corrected chi connectivity index (χ1v) is 8.51. The number of aryl methyl sites for hydroxylation is 1. The van der Waals surface area contributed by atoms with Crippen molar-refractivity contribution in [3.63, 3.8) is 0 Å². The Balaban J connectivity index is 0.00000156. The molecule has 0 bridgehead atoms. The Bertz CT molecular complexity index is 786. The van der Waals surface area contributed by atoms with E-state index in [0.717, 1.165) is 46.3 Å². The number of carbonyl (C=O) groups is 1. The van der Waals surface area contributed by atoms with Crippen LogP contribution in [0.2, 0.25) is 0 Å². The molecule has 122 valence electrons. The maximum absolute atomic E-state index is 12.9. The number of carbonyl (C=O) groups excluding carboxylic acids is 1. The van der Waals surface area contributed by atoms with Gasteiger partial charge < -0.3 is 15.2 Å². The lowest BCUT2D eigenvalue weighted by Gasteiger charge is -2.22. The summed E-state index contributed by atoms with van der Waals surface area (Å²) < 4.78 is 2.14. The number of hydrogen-bond acceptors (Lipinski definition) is 5. The number of aromatic nitrogens is 1. The molecule has 1 aromatic carbocycles. The zero-order valence-electron chi connectivity index (χ0n) is 12.8. The van der Waals surface area contributed by atoms with E-state index in [2.05, 4.69) is 26.3 Å². The molecule has 2 aromatic rings. The molecule has 2 aliphatic rings. The van der Waals surface area contributed by atoms with Crippen LogP contribution in [0.25, 0.3) is 10.9 Å². The molecule has 3 heterocycles. The van der Waals surface area contributed by atoms with Crippen LogP contribution in [0.15, 0.2) is 34.3 Å². The average Bonchev–Trinajstić information content (AvgIpc) is 3.15. The van der Waals surface area contributed by atoms with Crippen LogP contribution in [0.3, 0.4) is 0 Å². The Morgan fingerprint density at radius 1 is 1.43 bits per heavy atom. The Labute approximate surface area is 145 Å². The maximum atomic E-state index is 12.9. The van der Waals surface area contributed by atoms with Crippen molar-refractivity contribution in [2.45, 2.75) is 5.03 Å². The molecule has 0 radical (unpaired) electrons. The molecular weight excluding hydrogens is 332 g/mol. The molecule has 2 aliphatic heterocycles. The number of aliphatic imine (C=N–C) groups is 1. The van der Waals surface area contributed by atoms with Crippen molar-refractivity contribution in [2.24, 2.45) is 18.0 Å². The van der Waals surface area contributed by atoms with Crippen molar-refractivity contribution in [3.8, 4) is 0 Å². The molecule has 2 N–H and O–H groups in total. The summed E-state index contributed by atoms with van der Waals surface area (Å²) in [6.07, 6.45) is 0. The van der Waals surface area contributed by atoms with E-state index in [0.29, 0.717) is 6.54 Å². The molecule has 1 unspecified atom stereocenters. The van der Waals surface area contributed by atoms with Crippen LogP contribution in [-0.4, -0.2) is 41.7 Å². The molecule has 0 spiro atoms. The van der Waals surface area contributed by atoms with E-state index in [1.54, 1.807) is 11.8 Å². The summed E-state index contributed by atoms with van der Waals surface area (Å²) in [4.78, 5) is 17.2. The summed E-state index contributed by atoms with van der Waals surface area (Å²) in [5.41, 5.74) is 2.02. The summed E-state index contributed by atoms with van der Waals surface area (Å²) >= 11 is 1.78.